The van der Waals surface area contributed by atoms with E-state index in [1.807, 2.05) is 53.1 Å². The van der Waals surface area contributed by atoms with Crippen LogP contribution in [0.15, 0.2) is 48.5 Å². The Balaban J connectivity index is 1.50. The lowest BCUT2D eigenvalue weighted by Crippen LogP contribution is -2.45. The van der Waals surface area contributed by atoms with Gasteiger partial charge in [0.2, 0.25) is 0 Å². The van der Waals surface area contributed by atoms with Crippen molar-refractivity contribution in [2.24, 2.45) is 0 Å². The van der Waals surface area contributed by atoms with Crippen LogP contribution in [0.1, 0.15) is 11.4 Å². The smallest absolute Gasteiger partial charge is 0.325 e. The zero-order chi connectivity index (χ0) is 16.5. The number of nitrogens with one attached hydrogen (secondary N) is 1. The lowest BCUT2D eigenvalue weighted by Gasteiger charge is -2.24. The summed E-state index contributed by atoms with van der Waals surface area (Å²) in [5, 5.41) is 3.20. The third kappa shape index (κ3) is 2.72. The van der Waals surface area contributed by atoms with Gasteiger partial charge < -0.3 is 15.0 Å². The monoisotopic (exact) mass is 322 g/mol. The van der Waals surface area contributed by atoms with Gasteiger partial charge in [-0.1, -0.05) is 30.3 Å². The fourth-order valence-corrected chi connectivity index (χ4v) is 2.98. The van der Waals surface area contributed by atoms with Gasteiger partial charge in [0.05, 0.1) is 24.1 Å². The molecule has 6 heteroatoms. The lowest BCUT2D eigenvalue weighted by molar-refractivity contribution is -0.148. The van der Waals surface area contributed by atoms with E-state index >= 15 is 0 Å². The number of esters is 1. The largest absolute Gasteiger partial charge is 0.460 e. The molecule has 1 unspecified atom stereocenters. The number of nitrogens with zero attached hydrogens (tertiary/aromatic N) is 2. The summed E-state index contributed by atoms with van der Waals surface area (Å²) in [4.78, 5) is 16.9. The first kappa shape index (κ1) is 14.7. The molecule has 6 nitrogen and oxygen atoms in total. The number of anilines is 1. The van der Waals surface area contributed by atoms with Crippen LogP contribution >= 0.6 is 0 Å². The summed E-state index contributed by atoms with van der Waals surface area (Å²) < 4.78 is 7.47. The third-order valence-electron chi connectivity index (χ3n) is 4.23. The first-order valence-corrected chi connectivity index (χ1v) is 7.89. The molecule has 24 heavy (non-hydrogen) atoms. The van der Waals surface area contributed by atoms with Crippen LogP contribution in [0.3, 0.4) is 0 Å². The number of carbonyl (C=O) groups excluding carboxylic acids is 1. The predicted octanol–water partition coefficient (Wildman–Crippen LogP) is 1.83. The van der Waals surface area contributed by atoms with Crippen LogP contribution in [0, 0.1) is 0 Å². The summed E-state index contributed by atoms with van der Waals surface area (Å²) in [5.41, 5.74) is 9.38. The first-order chi connectivity index (χ1) is 11.7. The summed E-state index contributed by atoms with van der Waals surface area (Å²) in [6, 6.07) is 14.9. The Kier molecular flexibility index (Phi) is 3.66. The quantitative estimate of drug-likeness (QED) is 0.568. The number of rotatable bonds is 3. The summed E-state index contributed by atoms with van der Waals surface area (Å²) >= 11 is 0. The number of benzene rings is 2. The summed E-state index contributed by atoms with van der Waals surface area (Å²) in [7, 11) is 0. The molecule has 0 saturated heterocycles. The van der Waals surface area contributed by atoms with E-state index in [1.165, 1.54) is 0 Å². The number of carbonyl (C=O) groups is 1. The summed E-state index contributed by atoms with van der Waals surface area (Å²) in [5.74, 6) is 0.651. The Morgan fingerprint density at radius 2 is 2.12 bits per heavy atom. The number of hydrogen-bond donors (Lipinski definition) is 2. The Labute approximate surface area is 139 Å². The molecule has 1 aliphatic rings. The van der Waals surface area contributed by atoms with E-state index in [4.69, 9.17) is 10.5 Å². The minimum Gasteiger partial charge on any atom is -0.460 e. The van der Waals surface area contributed by atoms with Gasteiger partial charge in [-0.05, 0) is 23.8 Å². The van der Waals surface area contributed by atoms with E-state index in [9.17, 15) is 4.79 Å². The standard InChI is InChI=1S/C18H18N4O2/c19-13-6-7-14-16(8-13)22-10-15(20-9-17(22)21-14)18(23)24-11-12-4-2-1-3-5-12/h1-8,15,20H,9-11,19H2. The minimum atomic E-state index is -0.389. The van der Waals surface area contributed by atoms with Crippen LogP contribution in [-0.4, -0.2) is 21.6 Å². The third-order valence-corrected chi connectivity index (χ3v) is 4.23. The number of fused-ring (bicyclic) bond motifs is 3. The van der Waals surface area contributed by atoms with Gasteiger partial charge in [0.1, 0.15) is 18.5 Å². The molecule has 0 radical (unpaired) electrons. The van der Waals surface area contributed by atoms with Crippen molar-refractivity contribution in [3.05, 3.63) is 59.9 Å². The molecule has 1 aromatic heterocycles. The summed E-state index contributed by atoms with van der Waals surface area (Å²) in [6.45, 7) is 1.30. The van der Waals surface area contributed by atoms with Crippen LogP contribution in [0.5, 0.6) is 0 Å². The Morgan fingerprint density at radius 1 is 1.29 bits per heavy atom. The van der Waals surface area contributed by atoms with Crippen LogP contribution in [0.4, 0.5) is 5.69 Å². The predicted molar refractivity (Wildman–Crippen MR) is 91.0 cm³/mol. The van der Waals surface area contributed by atoms with Gasteiger partial charge in [-0.3, -0.25) is 10.1 Å². The molecule has 122 valence electrons. The molecule has 0 saturated carbocycles. The molecule has 4 rings (SSSR count). The highest BCUT2D eigenvalue weighted by Crippen LogP contribution is 2.22. The molecule has 1 atom stereocenters. The SMILES string of the molecule is Nc1ccc2nc3n(c2c1)CC(C(=O)OCc1ccccc1)NC3. The normalized spacial score (nSPS) is 16.8. The zero-order valence-electron chi connectivity index (χ0n) is 13.1. The van der Waals surface area contributed by atoms with E-state index in [-0.39, 0.29) is 18.6 Å². The fourth-order valence-electron chi connectivity index (χ4n) is 2.98. The Morgan fingerprint density at radius 3 is 2.96 bits per heavy atom. The number of ether oxygens (including phenoxy) is 1. The van der Waals surface area contributed by atoms with Crippen LogP contribution in [0.2, 0.25) is 0 Å². The molecule has 0 bridgehead atoms. The van der Waals surface area contributed by atoms with Gasteiger partial charge >= 0.3 is 5.97 Å². The highest BCUT2D eigenvalue weighted by molar-refractivity contribution is 5.81. The number of imidazole rings is 1. The highest BCUT2D eigenvalue weighted by Gasteiger charge is 2.27. The van der Waals surface area contributed by atoms with Crippen molar-refractivity contribution in [1.82, 2.24) is 14.9 Å². The Bertz CT molecular complexity index is 889. The van der Waals surface area contributed by atoms with Gasteiger partial charge in [0.25, 0.3) is 0 Å². The fraction of sp³-hybridized carbons (Fsp3) is 0.222. The maximum absolute atomic E-state index is 12.4. The first-order valence-electron chi connectivity index (χ1n) is 7.89. The van der Waals surface area contributed by atoms with E-state index < -0.39 is 0 Å². The topological polar surface area (TPSA) is 82.2 Å². The second-order valence-corrected chi connectivity index (χ2v) is 5.91. The van der Waals surface area contributed by atoms with E-state index in [0.29, 0.717) is 18.8 Å². The van der Waals surface area contributed by atoms with Crippen molar-refractivity contribution in [3.63, 3.8) is 0 Å². The number of nitrogens with two attached hydrogens (primary N) is 1. The van der Waals surface area contributed by atoms with Crippen molar-refractivity contribution in [2.75, 3.05) is 5.73 Å². The van der Waals surface area contributed by atoms with Crippen molar-refractivity contribution < 1.29 is 9.53 Å². The average Bonchev–Trinajstić information content (AvgIpc) is 2.97. The summed E-state index contributed by atoms with van der Waals surface area (Å²) in [6.07, 6.45) is 0. The number of nitrogen functional groups attached to an aromatic ring is 1. The molecule has 0 spiro atoms. The molecule has 3 aromatic rings. The highest BCUT2D eigenvalue weighted by atomic mass is 16.5. The second-order valence-electron chi connectivity index (χ2n) is 5.91. The molecule has 2 aromatic carbocycles. The molecular formula is C18H18N4O2. The molecule has 1 aliphatic heterocycles. The van der Waals surface area contributed by atoms with Crippen LogP contribution < -0.4 is 11.1 Å². The Hall–Kier alpha value is -2.86. The van der Waals surface area contributed by atoms with E-state index in [0.717, 1.165) is 22.4 Å². The van der Waals surface area contributed by atoms with Crippen molar-refractivity contribution >= 4 is 22.7 Å². The second kappa shape index (κ2) is 5.98. The average molecular weight is 322 g/mol. The van der Waals surface area contributed by atoms with Gasteiger partial charge in [0, 0.05) is 5.69 Å². The zero-order valence-corrected chi connectivity index (χ0v) is 13.1. The van der Waals surface area contributed by atoms with Gasteiger partial charge in [0.15, 0.2) is 0 Å². The lowest BCUT2D eigenvalue weighted by atomic mass is 10.2. The van der Waals surface area contributed by atoms with Gasteiger partial charge in [-0.2, -0.15) is 0 Å². The van der Waals surface area contributed by atoms with E-state index in [1.54, 1.807) is 0 Å². The van der Waals surface area contributed by atoms with Gasteiger partial charge in [-0.25, -0.2) is 4.98 Å². The number of hydrogen-bond acceptors (Lipinski definition) is 5. The molecule has 0 aliphatic carbocycles. The molecule has 0 amide bonds. The van der Waals surface area contributed by atoms with Crippen LogP contribution in [-0.2, 0) is 29.2 Å². The maximum Gasteiger partial charge on any atom is 0.325 e. The van der Waals surface area contributed by atoms with Crippen molar-refractivity contribution in [2.45, 2.75) is 25.7 Å². The maximum atomic E-state index is 12.4. The molecule has 2 heterocycles. The van der Waals surface area contributed by atoms with Crippen molar-refractivity contribution in [1.29, 1.82) is 0 Å². The molecule has 3 N–H and O–H groups in total. The number of aromatic nitrogens is 2. The van der Waals surface area contributed by atoms with Gasteiger partial charge in [-0.15, -0.1) is 0 Å². The minimum absolute atomic E-state index is 0.254. The molecular weight excluding hydrogens is 304 g/mol. The van der Waals surface area contributed by atoms with Crippen molar-refractivity contribution in [3.8, 4) is 0 Å². The van der Waals surface area contributed by atoms with Crippen LogP contribution in [0.25, 0.3) is 11.0 Å². The molecule has 0 fully saturated rings. The van der Waals surface area contributed by atoms with E-state index in [2.05, 4.69) is 10.3 Å².